The number of hydrogen-bond acceptors (Lipinski definition) is 9. The first-order valence-electron chi connectivity index (χ1n) is 11.8. The first kappa shape index (κ1) is 25.9. The second-order valence-electron chi connectivity index (χ2n) is 8.91. The van der Waals surface area contributed by atoms with Crippen molar-refractivity contribution in [3.05, 3.63) is 54.2 Å². The van der Waals surface area contributed by atoms with Gasteiger partial charge in [-0.3, -0.25) is 4.79 Å². The number of rotatable bonds is 7. The zero-order chi connectivity index (χ0) is 26.6. The first-order chi connectivity index (χ1) is 17.7. The zero-order valence-electron chi connectivity index (χ0n) is 20.6. The summed E-state index contributed by atoms with van der Waals surface area (Å²) in [6.45, 7) is 4.95. The molecule has 1 unspecified atom stereocenters. The van der Waals surface area contributed by atoms with Gasteiger partial charge in [0.25, 0.3) is 15.9 Å². The van der Waals surface area contributed by atoms with Crippen molar-refractivity contribution in [1.29, 1.82) is 0 Å². The fourth-order valence-corrected chi connectivity index (χ4v) is 4.93. The Morgan fingerprint density at radius 3 is 2.73 bits per heavy atom. The molecule has 11 heteroatoms. The van der Waals surface area contributed by atoms with Gasteiger partial charge in [0, 0.05) is 39.7 Å². The van der Waals surface area contributed by atoms with Crippen LogP contribution < -0.4 is 20.1 Å². The number of hydrogen-bond donors (Lipinski definition) is 2. The molecule has 0 aromatic carbocycles. The molecule has 4 heterocycles. The fraction of sp³-hybridized carbons (Fsp3) is 0.308. The number of sulfonamides is 1. The highest BCUT2D eigenvalue weighted by Gasteiger charge is 2.27. The third kappa shape index (κ3) is 6.16. The molecule has 1 saturated heterocycles. The van der Waals surface area contributed by atoms with E-state index in [0.717, 1.165) is 12.8 Å². The van der Waals surface area contributed by atoms with Crippen LogP contribution in [-0.4, -0.2) is 48.5 Å². The van der Waals surface area contributed by atoms with Crippen molar-refractivity contribution in [3.63, 3.8) is 0 Å². The third-order valence-electron chi connectivity index (χ3n) is 5.71. The number of ether oxygens (including phenoxy) is 1. The molecule has 1 fully saturated rings. The van der Waals surface area contributed by atoms with Crippen molar-refractivity contribution in [1.82, 2.24) is 19.7 Å². The largest absolute Gasteiger partial charge is 0.475 e. The van der Waals surface area contributed by atoms with E-state index in [2.05, 4.69) is 20.6 Å². The standard InChI is InChI=1S/C26H28N6O4S.2H2/c1-4-18-7-6-14-32(16-18)25-20(26(33)31-37(34,35)24-9-5-8-22(27)30-24)11-12-21(29-25)19-10-13-23(28-15-19)36-17(2)3;;/h1,5,8-13,15,17-18H,6-7,14,16H2,2-3H3,(H2,27,30)(H,31,33);2*1H. The molecular formula is C26H32N6O4S. The molecule has 1 atom stereocenters. The van der Waals surface area contributed by atoms with Crippen LogP contribution in [0.5, 0.6) is 5.88 Å². The molecule has 10 nitrogen and oxygen atoms in total. The summed E-state index contributed by atoms with van der Waals surface area (Å²) in [6, 6.07) is 10.9. The molecule has 1 amide bonds. The maximum absolute atomic E-state index is 13.2. The summed E-state index contributed by atoms with van der Waals surface area (Å²) in [4.78, 5) is 28.1. The van der Waals surface area contributed by atoms with E-state index < -0.39 is 15.9 Å². The number of nitrogen functional groups attached to an aromatic ring is 1. The van der Waals surface area contributed by atoms with Crippen molar-refractivity contribution in [2.45, 2.75) is 37.8 Å². The molecular weight excluding hydrogens is 492 g/mol. The Morgan fingerprint density at radius 2 is 2.05 bits per heavy atom. The van der Waals surface area contributed by atoms with Gasteiger partial charge >= 0.3 is 0 Å². The Kier molecular flexibility index (Phi) is 7.59. The second-order valence-corrected chi connectivity index (χ2v) is 10.5. The van der Waals surface area contributed by atoms with Gasteiger partial charge in [-0.15, -0.1) is 12.3 Å². The van der Waals surface area contributed by atoms with Crippen molar-refractivity contribution in [3.8, 4) is 29.5 Å². The molecule has 3 aromatic heterocycles. The lowest BCUT2D eigenvalue weighted by Gasteiger charge is -2.32. The van der Waals surface area contributed by atoms with Crippen molar-refractivity contribution in [2.75, 3.05) is 23.7 Å². The molecule has 1 aliphatic heterocycles. The maximum atomic E-state index is 13.2. The molecule has 1 aliphatic rings. The molecule has 0 bridgehead atoms. The molecule has 4 rings (SSSR count). The molecule has 37 heavy (non-hydrogen) atoms. The van der Waals surface area contributed by atoms with Crippen LogP contribution in [0.3, 0.4) is 0 Å². The molecule has 0 radical (unpaired) electrons. The normalized spacial score (nSPS) is 15.7. The van der Waals surface area contributed by atoms with E-state index in [9.17, 15) is 13.2 Å². The van der Waals surface area contributed by atoms with Gasteiger partial charge in [-0.05, 0) is 57.0 Å². The van der Waals surface area contributed by atoms with E-state index in [1.807, 2.05) is 24.8 Å². The summed E-state index contributed by atoms with van der Waals surface area (Å²) < 4.78 is 33.3. The van der Waals surface area contributed by atoms with Crippen LogP contribution in [0.4, 0.5) is 11.6 Å². The van der Waals surface area contributed by atoms with Gasteiger partial charge in [0.05, 0.1) is 17.4 Å². The molecule has 196 valence electrons. The predicted molar refractivity (Wildman–Crippen MR) is 145 cm³/mol. The highest BCUT2D eigenvalue weighted by Crippen LogP contribution is 2.29. The van der Waals surface area contributed by atoms with Crippen molar-refractivity contribution in [2.24, 2.45) is 5.92 Å². The van der Waals surface area contributed by atoms with Crippen molar-refractivity contribution < 1.29 is 20.8 Å². The van der Waals surface area contributed by atoms with Crippen LogP contribution in [-0.2, 0) is 10.0 Å². The van der Waals surface area contributed by atoms with E-state index >= 15 is 0 Å². The maximum Gasteiger partial charge on any atom is 0.281 e. The van der Waals surface area contributed by atoms with Gasteiger partial charge in [-0.25, -0.2) is 19.7 Å². The lowest BCUT2D eigenvalue weighted by atomic mass is 9.98. The topological polar surface area (TPSA) is 140 Å². The summed E-state index contributed by atoms with van der Waals surface area (Å²) in [6.07, 6.45) is 8.99. The lowest BCUT2D eigenvalue weighted by Crippen LogP contribution is -2.38. The molecule has 3 aromatic rings. The number of nitrogens with zero attached hydrogens (tertiary/aromatic N) is 4. The Hall–Kier alpha value is -4.17. The molecule has 0 aliphatic carbocycles. The summed E-state index contributed by atoms with van der Waals surface area (Å²) in [7, 11) is -4.26. The molecule has 0 spiro atoms. The van der Waals surface area contributed by atoms with Gasteiger partial charge in [0.15, 0.2) is 5.03 Å². The van der Waals surface area contributed by atoms with Crippen LogP contribution in [0.1, 0.15) is 39.9 Å². The Bertz CT molecular complexity index is 1450. The van der Waals surface area contributed by atoms with Crippen LogP contribution in [0, 0.1) is 18.3 Å². The number of aromatic nitrogens is 3. The number of carbonyl (C=O) groups is 1. The van der Waals surface area contributed by atoms with Gasteiger partial charge in [-0.1, -0.05) is 6.07 Å². The number of piperidine rings is 1. The third-order valence-corrected chi connectivity index (χ3v) is 6.94. The van der Waals surface area contributed by atoms with E-state index in [0.29, 0.717) is 36.0 Å². The number of carbonyl (C=O) groups excluding carboxylic acids is 1. The number of amides is 1. The average Bonchev–Trinajstić information content (AvgIpc) is 2.88. The van der Waals surface area contributed by atoms with Gasteiger partial charge in [0.2, 0.25) is 5.88 Å². The Balaban J connectivity index is 0.00000267. The fourth-order valence-electron chi connectivity index (χ4n) is 3.99. The molecule has 3 N–H and O–H groups in total. The number of nitrogens with one attached hydrogen (secondary N) is 1. The highest BCUT2D eigenvalue weighted by molar-refractivity contribution is 7.90. The summed E-state index contributed by atoms with van der Waals surface area (Å²) in [5.41, 5.74) is 7.00. The summed E-state index contributed by atoms with van der Waals surface area (Å²) in [5, 5.41) is -0.355. The monoisotopic (exact) mass is 524 g/mol. The lowest BCUT2D eigenvalue weighted by molar-refractivity contribution is 0.0981. The van der Waals surface area contributed by atoms with Crippen molar-refractivity contribution >= 4 is 27.6 Å². The van der Waals surface area contributed by atoms with E-state index in [1.54, 1.807) is 24.4 Å². The molecule has 0 saturated carbocycles. The Labute approximate surface area is 219 Å². The predicted octanol–water partition coefficient (Wildman–Crippen LogP) is 3.37. The minimum Gasteiger partial charge on any atom is -0.475 e. The van der Waals surface area contributed by atoms with E-state index in [-0.39, 0.29) is 31.3 Å². The number of terminal acetylenes is 1. The SMILES string of the molecule is C#CC1CCCN(c2nc(-c3ccc(OC(C)C)nc3)ccc2C(=O)NS(=O)(=O)c2cccc(N)n2)C1.[HH].[HH]. The van der Waals surface area contributed by atoms with Crippen LogP contribution in [0.2, 0.25) is 0 Å². The van der Waals surface area contributed by atoms with Crippen LogP contribution in [0.15, 0.2) is 53.7 Å². The van der Waals surface area contributed by atoms with E-state index in [1.165, 1.54) is 18.2 Å². The minimum atomic E-state index is -4.26. The smallest absolute Gasteiger partial charge is 0.281 e. The van der Waals surface area contributed by atoms with Crippen LogP contribution >= 0.6 is 0 Å². The minimum absolute atomic E-state index is 0. The zero-order valence-corrected chi connectivity index (χ0v) is 21.4. The van der Waals surface area contributed by atoms with E-state index in [4.69, 9.17) is 21.9 Å². The van der Waals surface area contributed by atoms with Gasteiger partial charge in [0.1, 0.15) is 11.6 Å². The first-order valence-corrected chi connectivity index (χ1v) is 13.3. The average molecular weight is 525 g/mol. The second kappa shape index (κ2) is 10.8. The van der Waals surface area contributed by atoms with Crippen LogP contribution in [0.25, 0.3) is 11.3 Å². The van der Waals surface area contributed by atoms with Gasteiger partial charge < -0.3 is 15.4 Å². The Morgan fingerprint density at radius 1 is 1.24 bits per heavy atom. The number of pyridine rings is 3. The highest BCUT2D eigenvalue weighted by atomic mass is 32.2. The summed E-state index contributed by atoms with van der Waals surface area (Å²) in [5.74, 6) is 2.78. The quantitative estimate of drug-likeness (QED) is 0.445. The number of nitrogens with two attached hydrogens (primary N) is 1. The van der Waals surface area contributed by atoms with Gasteiger partial charge in [-0.2, -0.15) is 8.42 Å². The number of anilines is 2. The summed E-state index contributed by atoms with van der Waals surface area (Å²) >= 11 is 0.